The van der Waals surface area contributed by atoms with Crippen molar-refractivity contribution in [3.8, 4) is 0 Å². The van der Waals surface area contributed by atoms with E-state index in [-0.39, 0.29) is 0 Å². The van der Waals surface area contributed by atoms with E-state index in [1.165, 1.54) is 21.2 Å². The third-order valence-corrected chi connectivity index (χ3v) is 2.91. The van der Waals surface area contributed by atoms with Crippen molar-refractivity contribution >= 4 is 15.9 Å². The normalized spacial score (nSPS) is 10.3. The maximum absolute atomic E-state index is 3.54. The minimum Gasteiger partial charge on any atom is -0.316 e. The molecule has 66 valence electrons. The Kier molecular flexibility index (Phi) is 3.29. The lowest BCUT2D eigenvalue weighted by atomic mass is 10.0. The van der Waals surface area contributed by atoms with E-state index in [4.69, 9.17) is 0 Å². The van der Waals surface area contributed by atoms with Crippen molar-refractivity contribution in [3.63, 3.8) is 0 Å². The number of halogens is 1. The van der Waals surface area contributed by atoms with Crippen molar-refractivity contribution in [1.29, 1.82) is 0 Å². The maximum Gasteiger partial charge on any atom is 0.0223 e. The van der Waals surface area contributed by atoms with Crippen LogP contribution in [0.2, 0.25) is 0 Å². The predicted octanol–water partition coefficient (Wildman–Crippen LogP) is 2.79. The first-order valence-electron chi connectivity index (χ1n) is 4.06. The molecule has 0 spiro atoms. The molecule has 1 rings (SSSR count). The molecule has 0 aliphatic heterocycles. The van der Waals surface area contributed by atoms with Crippen LogP contribution in [0.3, 0.4) is 0 Å². The van der Waals surface area contributed by atoms with Gasteiger partial charge in [-0.15, -0.1) is 0 Å². The highest BCUT2D eigenvalue weighted by Gasteiger charge is 2.03. The lowest BCUT2D eigenvalue weighted by Crippen LogP contribution is -2.08. The number of nitrogens with one attached hydrogen (secondary N) is 1. The molecule has 0 bridgehead atoms. The van der Waals surface area contributed by atoms with Crippen LogP contribution in [0.25, 0.3) is 0 Å². The van der Waals surface area contributed by atoms with Crippen LogP contribution >= 0.6 is 15.9 Å². The summed E-state index contributed by atoms with van der Waals surface area (Å²) in [7, 11) is 1.97. The summed E-state index contributed by atoms with van der Waals surface area (Å²) < 4.78 is 1.19. The van der Waals surface area contributed by atoms with Gasteiger partial charge in [-0.3, -0.25) is 0 Å². The first-order valence-corrected chi connectivity index (χ1v) is 4.85. The van der Waals surface area contributed by atoms with E-state index in [9.17, 15) is 0 Å². The molecule has 1 aromatic rings. The standard InChI is InChI=1S/C10H14BrN/c1-7-4-5-10(11)9(6-12-3)8(7)2/h4-5,12H,6H2,1-3H3. The zero-order chi connectivity index (χ0) is 9.14. The largest absolute Gasteiger partial charge is 0.316 e. The molecule has 1 nitrogen and oxygen atoms in total. The van der Waals surface area contributed by atoms with Crippen LogP contribution in [-0.2, 0) is 6.54 Å². The average Bonchev–Trinajstić information content (AvgIpc) is 2.06. The molecule has 0 heterocycles. The Morgan fingerprint density at radius 2 is 2.00 bits per heavy atom. The molecule has 0 atom stereocenters. The van der Waals surface area contributed by atoms with E-state index >= 15 is 0 Å². The minimum atomic E-state index is 0.925. The van der Waals surface area contributed by atoms with E-state index in [2.05, 4.69) is 47.2 Å². The zero-order valence-electron chi connectivity index (χ0n) is 7.74. The second kappa shape index (κ2) is 4.06. The van der Waals surface area contributed by atoms with Crippen LogP contribution in [0.5, 0.6) is 0 Å². The van der Waals surface area contributed by atoms with Crippen LogP contribution in [0.15, 0.2) is 16.6 Å². The summed E-state index contributed by atoms with van der Waals surface area (Å²) in [5.74, 6) is 0. The monoisotopic (exact) mass is 227 g/mol. The van der Waals surface area contributed by atoms with Crippen molar-refractivity contribution in [2.24, 2.45) is 0 Å². The van der Waals surface area contributed by atoms with Crippen LogP contribution in [0.4, 0.5) is 0 Å². The third kappa shape index (κ3) is 1.87. The van der Waals surface area contributed by atoms with Crippen molar-refractivity contribution in [2.45, 2.75) is 20.4 Å². The van der Waals surface area contributed by atoms with Gasteiger partial charge >= 0.3 is 0 Å². The van der Waals surface area contributed by atoms with E-state index in [1.807, 2.05) is 7.05 Å². The van der Waals surface area contributed by atoms with E-state index < -0.39 is 0 Å². The van der Waals surface area contributed by atoms with Crippen LogP contribution in [0, 0.1) is 13.8 Å². The fraction of sp³-hybridized carbons (Fsp3) is 0.400. The Morgan fingerprint density at radius 3 is 2.58 bits per heavy atom. The topological polar surface area (TPSA) is 12.0 Å². The summed E-state index contributed by atoms with van der Waals surface area (Å²) in [5.41, 5.74) is 4.08. The Bertz CT molecular complexity index is 281. The average molecular weight is 228 g/mol. The molecule has 0 saturated carbocycles. The Hall–Kier alpha value is -0.340. The summed E-state index contributed by atoms with van der Waals surface area (Å²) in [4.78, 5) is 0. The number of aryl methyl sites for hydroxylation is 1. The molecule has 0 radical (unpaired) electrons. The van der Waals surface area contributed by atoms with Crippen molar-refractivity contribution < 1.29 is 0 Å². The Morgan fingerprint density at radius 1 is 1.33 bits per heavy atom. The van der Waals surface area contributed by atoms with Gasteiger partial charge in [0.05, 0.1) is 0 Å². The van der Waals surface area contributed by atoms with Gasteiger partial charge in [-0.1, -0.05) is 22.0 Å². The molecule has 0 unspecified atom stereocenters. The van der Waals surface area contributed by atoms with Gasteiger partial charge < -0.3 is 5.32 Å². The van der Waals surface area contributed by atoms with Crippen molar-refractivity contribution in [2.75, 3.05) is 7.05 Å². The molecule has 1 N–H and O–H groups in total. The fourth-order valence-electron chi connectivity index (χ4n) is 1.23. The zero-order valence-corrected chi connectivity index (χ0v) is 9.33. The predicted molar refractivity (Wildman–Crippen MR) is 56.4 cm³/mol. The van der Waals surface area contributed by atoms with Gasteiger partial charge in [0, 0.05) is 11.0 Å². The molecule has 0 aromatic heterocycles. The SMILES string of the molecule is CNCc1c(Br)ccc(C)c1C. The first kappa shape index (κ1) is 9.75. The van der Waals surface area contributed by atoms with E-state index in [0.717, 1.165) is 6.54 Å². The smallest absolute Gasteiger partial charge is 0.0223 e. The van der Waals surface area contributed by atoms with E-state index in [1.54, 1.807) is 0 Å². The summed E-state index contributed by atoms with van der Waals surface area (Å²) in [5, 5.41) is 3.16. The van der Waals surface area contributed by atoms with Gasteiger partial charge in [0.2, 0.25) is 0 Å². The molecule has 12 heavy (non-hydrogen) atoms. The molecular formula is C10H14BrN. The van der Waals surface area contributed by atoms with E-state index in [0.29, 0.717) is 0 Å². The highest BCUT2D eigenvalue weighted by Crippen LogP contribution is 2.22. The molecular weight excluding hydrogens is 214 g/mol. The molecule has 0 aliphatic carbocycles. The van der Waals surface area contributed by atoms with Gasteiger partial charge in [-0.05, 0) is 43.7 Å². The maximum atomic E-state index is 3.54. The molecule has 0 aliphatic rings. The number of benzene rings is 1. The van der Waals surface area contributed by atoms with Crippen LogP contribution < -0.4 is 5.32 Å². The highest BCUT2D eigenvalue weighted by atomic mass is 79.9. The first-order chi connectivity index (χ1) is 5.66. The van der Waals surface area contributed by atoms with Crippen LogP contribution in [-0.4, -0.2) is 7.05 Å². The molecule has 2 heteroatoms. The lowest BCUT2D eigenvalue weighted by Gasteiger charge is -2.10. The molecule has 0 saturated heterocycles. The van der Waals surface area contributed by atoms with Crippen molar-refractivity contribution in [3.05, 3.63) is 33.3 Å². The fourth-order valence-corrected chi connectivity index (χ4v) is 1.80. The number of hydrogen-bond acceptors (Lipinski definition) is 1. The Labute approximate surface area is 82.3 Å². The highest BCUT2D eigenvalue weighted by molar-refractivity contribution is 9.10. The quantitative estimate of drug-likeness (QED) is 0.820. The second-order valence-corrected chi connectivity index (χ2v) is 3.85. The second-order valence-electron chi connectivity index (χ2n) is 3.00. The third-order valence-electron chi connectivity index (χ3n) is 2.17. The molecule has 0 fully saturated rings. The summed E-state index contributed by atoms with van der Waals surface area (Å²) in [6.45, 7) is 5.22. The van der Waals surface area contributed by atoms with Gasteiger partial charge in [0.25, 0.3) is 0 Å². The van der Waals surface area contributed by atoms with Gasteiger partial charge in [-0.25, -0.2) is 0 Å². The Balaban J connectivity index is 3.14. The van der Waals surface area contributed by atoms with Crippen LogP contribution in [0.1, 0.15) is 16.7 Å². The summed E-state index contributed by atoms with van der Waals surface area (Å²) >= 11 is 3.54. The summed E-state index contributed by atoms with van der Waals surface area (Å²) in [6, 6.07) is 4.24. The number of hydrogen-bond donors (Lipinski definition) is 1. The van der Waals surface area contributed by atoms with Crippen molar-refractivity contribution in [1.82, 2.24) is 5.32 Å². The molecule has 1 aromatic carbocycles. The molecule has 0 amide bonds. The summed E-state index contributed by atoms with van der Waals surface area (Å²) in [6.07, 6.45) is 0. The minimum absolute atomic E-state index is 0.925. The van der Waals surface area contributed by atoms with Gasteiger partial charge in [0.1, 0.15) is 0 Å². The lowest BCUT2D eigenvalue weighted by molar-refractivity contribution is 0.807. The number of rotatable bonds is 2. The van der Waals surface area contributed by atoms with Gasteiger partial charge in [0.15, 0.2) is 0 Å². The van der Waals surface area contributed by atoms with Gasteiger partial charge in [-0.2, -0.15) is 0 Å².